The number of hydrogen-bond donors (Lipinski definition) is 0. The Bertz CT molecular complexity index is 851. The Morgan fingerprint density at radius 1 is 1.10 bits per heavy atom. The number of aryl methyl sites for hydroxylation is 2. The Morgan fingerprint density at radius 3 is 2.55 bits per heavy atom. The van der Waals surface area contributed by atoms with Gasteiger partial charge in [-0.25, -0.2) is 4.79 Å². The number of ether oxygens (including phenoxy) is 1. The van der Waals surface area contributed by atoms with Crippen LogP contribution in [0.1, 0.15) is 60.2 Å². The molecule has 0 radical (unpaired) electrons. The third kappa shape index (κ3) is 7.70. The minimum atomic E-state index is -0.320. The number of likely N-dealkylation sites (N-methyl/N-ethyl adjacent to an activating group) is 1. The van der Waals surface area contributed by atoms with Crippen LogP contribution in [-0.2, 0) is 20.8 Å². The van der Waals surface area contributed by atoms with Crippen molar-refractivity contribution in [3.05, 3.63) is 58.7 Å². The SMILES string of the molecule is CCN(CC)C(=O)CO/N=C1\C=CCC/C=C/CCOC(=O)c2c(C)cc(C)cc2C1. The van der Waals surface area contributed by atoms with E-state index >= 15 is 0 Å². The Morgan fingerprint density at radius 2 is 1.81 bits per heavy atom. The summed E-state index contributed by atoms with van der Waals surface area (Å²) in [5.74, 6) is -0.418. The highest BCUT2D eigenvalue weighted by Crippen LogP contribution is 2.20. The fraction of sp³-hybridized carbons (Fsp3) is 0.480. The monoisotopic (exact) mass is 426 g/mol. The molecule has 6 heteroatoms. The molecule has 0 bridgehead atoms. The molecule has 168 valence electrons. The van der Waals surface area contributed by atoms with E-state index in [-0.39, 0.29) is 18.5 Å². The summed E-state index contributed by atoms with van der Waals surface area (Å²) in [6.45, 7) is 9.31. The smallest absolute Gasteiger partial charge is 0.338 e. The molecule has 0 saturated carbocycles. The van der Waals surface area contributed by atoms with Crippen LogP contribution in [0, 0.1) is 13.8 Å². The highest BCUT2D eigenvalue weighted by molar-refractivity contribution is 6.00. The van der Waals surface area contributed by atoms with Gasteiger partial charge in [-0.2, -0.15) is 0 Å². The number of nitrogens with zero attached hydrogens (tertiary/aromatic N) is 2. The third-order valence-electron chi connectivity index (χ3n) is 5.12. The van der Waals surface area contributed by atoms with Crippen molar-refractivity contribution in [2.45, 2.75) is 53.4 Å². The number of hydrogen-bond acceptors (Lipinski definition) is 5. The van der Waals surface area contributed by atoms with Crippen molar-refractivity contribution in [2.24, 2.45) is 5.16 Å². The van der Waals surface area contributed by atoms with Gasteiger partial charge in [-0.1, -0.05) is 41.1 Å². The van der Waals surface area contributed by atoms with Gasteiger partial charge in [-0.15, -0.1) is 0 Å². The van der Waals surface area contributed by atoms with Crippen LogP contribution in [0.4, 0.5) is 0 Å². The zero-order chi connectivity index (χ0) is 22.6. The van der Waals surface area contributed by atoms with E-state index in [1.54, 1.807) is 4.90 Å². The van der Waals surface area contributed by atoms with Gasteiger partial charge in [-0.05, 0) is 64.2 Å². The van der Waals surface area contributed by atoms with Crippen molar-refractivity contribution in [1.82, 2.24) is 4.90 Å². The number of amides is 1. The molecule has 1 aliphatic rings. The van der Waals surface area contributed by atoms with E-state index in [9.17, 15) is 9.59 Å². The van der Waals surface area contributed by atoms with Gasteiger partial charge >= 0.3 is 5.97 Å². The number of carbonyl (C=O) groups is 2. The van der Waals surface area contributed by atoms with E-state index in [1.165, 1.54) is 0 Å². The van der Waals surface area contributed by atoms with Crippen LogP contribution in [0.25, 0.3) is 0 Å². The molecular formula is C25H34N2O4. The Kier molecular flexibility index (Phi) is 10.0. The standard InChI is InChI=1S/C25H34N2O4/c1-5-27(6-2)23(28)18-31-26-22-13-11-9-7-8-10-12-14-30-25(29)24-20(4)15-19(3)16-21(24)17-22/h8,10-11,13,15-16H,5-7,9,12,14,17-18H2,1-4H3/b10-8+,13-11?,26-22+. The van der Waals surface area contributed by atoms with Gasteiger partial charge in [0.05, 0.1) is 17.9 Å². The van der Waals surface area contributed by atoms with Gasteiger partial charge in [0.15, 0.2) is 6.61 Å². The second-order valence-corrected chi connectivity index (χ2v) is 7.59. The van der Waals surface area contributed by atoms with Gasteiger partial charge in [0.1, 0.15) is 0 Å². The quantitative estimate of drug-likeness (QED) is 0.394. The number of cyclic esters (lactones) is 1. The van der Waals surface area contributed by atoms with Crippen molar-refractivity contribution >= 4 is 17.6 Å². The molecular weight excluding hydrogens is 392 g/mol. The van der Waals surface area contributed by atoms with Crippen molar-refractivity contribution in [3.8, 4) is 0 Å². The van der Waals surface area contributed by atoms with Gasteiger partial charge in [0, 0.05) is 19.5 Å². The van der Waals surface area contributed by atoms with Crippen LogP contribution in [-0.4, -0.2) is 48.8 Å². The number of allylic oxidation sites excluding steroid dienone is 3. The average molecular weight is 427 g/mol. The summed E-state index contributed by atoms with van der Waals surface area (Å²) in [6, 6.07) is 3.97. The normalized spacial score (nSPS) is 17.4. The highest BCUT2D eigenvalue weighted by Gasteiger charge is 2.18. The molecule has 1 heterocycles. The van der Waals surface area contributed by atoms with Crippen molar-refractivity contribution in [1.29, 1.82) is 0 Å². The predicted octanol–water partition coefficient (Wildman–Crippen LogP) is 4.54. The largest absolute Gasteiger partial charge is 0.462 e. The number of esters is 1. The van der Waals surface area contributed by atoms with Crippen LogP contribution in [0.3, 0.4) is 0 Å². The van der Waals surface area contributed by atoms with E-state index in [1.807, 2.05) is 58.1 Å². The van der Waals surface area contributed by atoms with Gasteiger partial charge in [0.2, 0.25) is 0 Å². The molecule has 1 aromatic carbocycles. The van der Waals surface area contributed by atoms with E-state index in [0.717, 1.165) is 29.5 Å². The molecule has 0 saturated heterocycles. The summed E-state index contributed by atoms with van der Waals surface area (Å²) < 4.78 is 5.50. The average Bonchev–Trinajstić information content (AvgIpc) is 2.72. The first-order chi connectivity index (χ1) is 15.0. The molecule has 6 nitrogen and oxygen atoms in total. The summed E-state index contributed by atoms with van der Waals surface area (Å²) in [5, 5.41) is 4.24. The summed E-state index contributed by atoms with van der Waals surface area (Å²) >= 11 is 0. The maximum Gasteiger partial charge on any atom is 0.338 e. The fourth-order valence-corrected chi connectivity index (χ4v) is 3.58. The number of carbonyl (C=O) groups excluding carboxylic acids is 2. The van der Waals surface area contributed by atoms with Crippen molar-refractivity contribution in [3.63, 3.8) is 0 Å². The van der Waals surface area contributed by atoms with Crippen molar-refractivity contribution < 1.29 is 19.2 Å². The second-order valence-electron chi connectivity index (χ2n) is 7.59. The lowest BCUT2D eigenvalue weighted by Crippen LogP contribution is -2.33. The number of oxime groups is 1. The van der Waals surface area contributed by atoms with Crippen LogP contribution in [0.15, 0.2) is 41.6 Å². The van der Waals surface area contributed by atoms with Gasteiger partial charge in [-0.3, -0.25) is 4.79 Å². The lowest BCUT2D eigenvalue weighted by atomic mass is 9.95. The van der Waals surface area contributed by atoms with Crippen LogP contribution >= 0.6 is 0 Å². The molecule has 0 fully saturated rings. The lowest BCUT2D eigenvalue weighted by Gasteiger charge is -2.17. The van der Waals surface area contributed by atoms with Crippen LogP contribution in [0.5, 0.6) is 0 Å². The summed E-state index contributed by atoms with van der Waals surface area (Å²) in [6.07, 6.45) is 11.0. The lowest BCUT2D eigenvalue weighted by molar-refractivity contribution is -0.135. The number of fused-ring (bicyclic) bond motifs is 1. The predicted molar refractivity (Wildman–Crippen MR) is 123 cm³/mol. The molecule has 0 aliphatic carbocycles. The second kappa shape index (κ2) is 12.7. The minimum absolute atomic E-state index is 0.0972. The summed E-state index contributed by atoms with van der Waals surface area (Å²) in [5.41, 5.74) is 4.02. The van der Waals surface area contributed by atoms with E-state index in [4.69, 9.17) is 9.57 Å². The molecule has 2 rings (SSSR count). The fourth-order valence-electron chi connectivity index (χ4n) is 3.58. The molecule has 0 atom stereocenters. The Hall–Kier alpha value is -2.89. The Balaban J connectivity index is 2.31. The van der Waals surface area contributed by atoms with Gasteiger partial charge in [0.25, 0.3) is 5.91 Å². The Labute approximate surface area is 185 Å². The van der Waals surface area contributed by atoms with E-state index < -0.39 is 0 Å². The number of benzene rings is 1. The van der Waals surface area contributed by atoms with E-state index in [0.29, 0.717) is 43.8 Å². The maximum atomic E-state index is 12.8. The molecule has 1 amide bonds. The van der Waals surface area contributed by atoms with Crippen molar-refractivity contribution in [2.75, 3.05) is 26.3 Å². The van der Waals surface area contributed by atoms with Gasteiger partial charge < -0.3 is 14.5 Å². The molecule has 31 heavy (non-hydrogen) atoms. The first kappa shape index (κ1) is 24.4. The summed E-state index contributed by atoms with van der Waals surface area (Å²) in [4.78, 5) is 32.1. The minimum Gasteiger partial charge on any atom is -0.462 e. The molecule has 1 aliphatic heterocycles. The van der Waals surface area contributed by atoms with E-state index in [2.05, 4.69) is 11.2 Å². The maximum absolute atomic E-state index is 12.8. The zero-order valence-electron chi connectivity index (χ0n) is 19.1. The van der Waals surface area contributed by atoms with Crippen LogP contribution < -0.4 is 0 Å². The van der Waals surface area contributed by atoms with Crippen LogP contribution in [0.2, 0.25) is 0 Å². The molecule has 0 aromatic heterocycles. The zero-order valence-corrected chi connectivity index (χ0v) is 19.1. The summed E-state index contributed by atoms with van der Waals surface area (Å²) in [7, 11) is 0. The first-order valence-corrected chi connectivity index (χ1v) is 11.0. The highest BCUT2D eigenvalue weighted by atomic mass is 16.6. The first-order valence-electron chi connectivity index (χ1n) is 11.0. The molecule has 0 unspecified atom stereocenters. The molecule has 0 N–H and O–H groups in total. The number of rotatable bonds is 5. The molecule has 0 spiro atoms. The third-order valence-corrected chi connectivity index (χ3v) is 5.12. The topological polar surface area (TPSA) is 68.2 Å². The molecule has 1 aromatic rings.